The molecule has 4 nitrogen and oxygen atoms in total. The van der Waals surface area contributed by atoms with Crippen LogP contribution >= 0.6 is 15.9 Å². The SMILES string of the molecule is COc1cc(C=O)ccc1-n1cnc(Br)c1. The molecule has 0 aliphatic rings. The highest BCUT2D eigenvalue weighted by Crippen LogP contribution is 2.24. The van der Waals surface area contributed by atoms with Crippen molar-refractivity contribution in [3.05, 3.63) is 40.9 Å². The van der Waals surface area contributed by atoms with Gasteiger partial charge in [-0.2, -0.15) is 0 Å². The molecular weight excluding hydrogens is 272 g/mol. The van der Waals surface area contributed by atoms with E-state index in [4.69, 9.17) is 4.74 Å². The highest BCUT2D eigenvalue weighted by molar-refractivity contribution is 9.10. The summed E-state index contributed by atoms with van der Waals surface area (Å²) in [6.45, 7) is 0. The van der Waals surface area contributed by atoms with Gasteiger partial charge in [0.1, 0.15) is 23.0 Å². The number of carbonyl (C=O) groups excluding carboxylic acids is 1. The lowest BCUT2D eigenvalue weighted by Crippen LogP contribution is -1.96. The van der Waals surface area contributed by atoms with Gasteiger partial charge in [0.25, 0.3) is 0 Å². The van der Waals surface area contributed by atoms with Gasteiger partial charge in [-0.3, -0.25) is 4.79 Å². The number of aldehydes is 1. The molecule has 0 N–H and O–H groups in total. The fraction of sp³-hybridized carbons (Fsp3) is 0.0909. The van der Waals surface area contributed by atoms with E-state index in [-0.39, 0.29) is 0 Å². The number of rotatable bonds is 3. The molecule has 16 heavy (non-hydrogen) atoms. The Hall–Kier alpha value is -1.62. The standard InChI is InChI=1S/C11H9BrN2O2/c1-16-10-4-8(6-15)2-3-9(10)14-5-11(12)13-7-14/h2-7H,1H3. The van der Waals surface area contributed by atoms with Crippen molar-refractivity contribution >= 4 is 22.2 Å². The van der Waals surface area contributed by atoms with Gasteiger partial charge in [-0.1, -0.05) is 0 Å². The third kappa shape index (κ3) is 1.99. The zero-order valence-corrected chi connectivity index (χ0v) is 10.1. The minimum Gasteiger partial charge on any atom is -0.495 e. The second kappa shape index (κ2) is 4.49. The lowest BCUT2D eigenvalue weighted by atomic mass is 10.2. The number of hydrogen-bond acceptors (Lipinski definition) is 3. The Labute approximate surface area is 101 Å². The van der Waals surface area contributed by atoms with Crippen LogP contribution in [0.4, 0.5) is 0 Å². The largest absolute Gasteiger partial charge is 0.495 e. The van der Waals surface area contributed by atoms with E-state index < -0.39 is 0 Å². The van der Waals surface area contributed by atoms with E-state index in [1.165, 1.54) is 0 Å². The zero-order valence-electron chi connectivity index (χ0n) is 8.55. The summed E-state index contributed by atoms with van der Waals surface area (Å²) in [5, 5.41) is 0. The second-order valence-corrected chi connectivity index (χ2v) is 3.97. The first-order valence-electron chi connectivity index (χ1n) is 4.57. The molecule has 0 saturated heterocycles. The average Bonchev–Trinajstić information content (AvgIpc) is 2.74. The quantitative estimate of drug-likeness (QED) is 0.812. The van der Waals surface area contributed by atoms with Crippen molar-refractivity contribution in [1.82, 2.24) is 9.55 Å². The van der Waals surface area contributed by atoms with Crippen molar-refractivity contribution < 1.29 is 9.53 Å². The van der Waals surface area contributed by atoms with Gasteiger partial charge >= 0.3 is 0 Å². The third-order valence-electron chi connectivity index (χ3n) is 2.17. The summed E-state index contributed by atoms with van der Waals surface area (Å²) in [5.74, 6) is 0.634. The summed E-state index contributed by atoms with van der Waals surface area (Å²) < 4.78 is 7.79. The van der Waals surface area contributed by atoms with Crippen LogP contribution in [-0.4, -0.2) is 22.9 Å². The molecule has 0 spiro atoms. The summed E-state index contributed by atoms with van der Waals surface area (Å²) in [7, 11) is 1.57. The minimum atomic E-state index is 0.583. The Morgan fingerprint density at radius 3 is 2.88 bits per heavy atom. The van der Waals surface area contributed by atoms with Crippen molar-refractivity contribution in [3.8, 4) is 11.4 Å². The highest BCUT2D eigenvalue weighted by atomic mass is 79.9. The molecule has 5 heteroatoms. The number of carbonyl (C=O) groups is 1. The van der Waals surface area contributed by atoms with Crippen LogP contribution in [-0.2, 0) is 0 Å². The van der Waals surface area contributed by atoms with Gasteiger partial charge in [0.15, 0.2) is 0 Å². The second-order valence-electron chi connectivity index (χ2n) is 3.15. The summed E-state index contributed by atoms with van der Waals surface area (Å²) in [4.78, 5) is 14.7. The first-order valence-corrected chi connectivity index (χ1v) is 5.37. The maximum atomic E-state index is 10.6. The molecule has 1 heterocycles. The number of ether oxygens (including phenoxy) is 1. The van der Waals surface area contributed by atoms with Gasteiger partial charge in [-0.15, -0.1) is 0 Å². The van der Waals surface area contributed by atoms with Gasteiger partial charge in [0.2, 0.25) is 0 Å². The molecule has 0 saturated carbocycles. The average molecular weight is 281 g/mol. The van der Waals surface area contributed by atoms with Crippen LogP contribution in [0.1, 0.15) is 10.4 Å². The van der Waals surface area contributed by atoms with Crippen LogP contribution in [0, 0.1) is 0 Å². The fourth-order valence-corrected chi connectivity index (χ4v) is 1.72. The summed E-state index contributed by atoms with van der Waals surface area (Å²) >= 11 is 3.28. The van der Waals surface area contributed by atoms with E-state index in [0.717, 1.165) is 16.6 Å². The molecule has 0 aliphatic heterocycles. The number of hydrogen-bond donors (Lipinski definition) is 0. The van der Waals surface area contributed by atoms with Crippen molar-refractivity contribution in [3.63, 3.8) is 0 Å². The van der Waals surface area contributed by atoms with Crippen LogP contribution in [0.2, 0.25) is 0 Å². The van der Waals surface area contributed by atoms with E-state index >= 15 is 0 Å². The van der Waals surface area contributed by atoms with E-state index in [1.54, 1.807) is 25.6 Å². The maximum absolute atomic E-state index is 10.6. The van der Waals surface area contributed by atoms with Gasteiger partial charge in [-0.05, 0) is 34.1 Å². The number of nitrogens with zero attached hydrogens (tertiary/aromatic N) is 2. The van der Waals surface area contributed by atoms with Crippen LogP contribution in [0.3, 0.4) is 0 Å². The zero-order chi connectivity index (χ0) is 11.5. The smallest absolute Gasteiger partial charge is 0.150 e. The van der Waals surface area contributed by atoms with Crippen LogP contribution in [0.5, 0.6) is 5.75 Å². The first-order chi connectivity index (χ1) is 7.74. The monoisotopic (exact) mass is 280 g/mol. The molecule has 2 rings (SSSR count). The summed E-state index contributed by atoms with van der Waals surface area (Å²) in [6.07, 6.45) is 4.27. The van der Waals surface area contributed by atoms with Crippen LogP contribution in [0.15, 0.2) is 35.3 Å². The lowest BCUT2D eigenvalue weighted by molar-refractivity contribution is 0.112. The van der Waals surface area contributed by atoms with Crippen LogP contribution in [0.25, 0.3) is 5.69 Å². The predicted octanol–water partition coefficient (Wildman–Crippen LogP) is 2.46. The molecular formula is C11H9BrN2O2. The molecule has 0 bridgehead atoms. The highest BCUT2D eigenvalue weighted by Gasteiger charge is 2.06. The molecule has 2 aromatic rings. The van der Waals surface area contributed by atoms with E-state index in [2.05, 4.69) is 20.9 Å². The fourth-order valence-electron chi connectivity index (χ4n) is 1.41. The van der Waals surface area contributed by atoms with Gasteiger partial charge in [0.05, 0.1) is 12.8 Å². The molecule has 0 unspecified atom stereocenters. The number of benzene rings is 1. The normalized spacial score (nSPS) is 10.1. The molecule has 0 fully saturated rings. The van der Waals surface area contributed by atoms with Gasteiger partial charge < -0.3 is 9.30 Å². The van der Waals surface area contributed by atoms with Gasteiger partial charge in [-0.25, -0.2) is 4.98 Å². The molecule has 0 aliphatic carbocycles. The Bertz CT molecular complexity index is 522. The molecule has 0 amide bonds. The number of halogens is 1. The minimum absolute atomic E-state index is 0.583. The molecule has 1 aromatic heterocycles. The topological polar surface area (TPSA) is 44.1 Å². The lowest BCUT2D eigenvalue weighted by Gasteiger charge is -2.09. The molecule has 0 atom stereocenters. The predicted molar refractivity (Wildman–Crippen MR) is 63.2 cm³/mol. The maximum Gasteiger partial charge on any atom is 0.150 e. The van der Waals surface area contributed by atoms with E-state index in [9.17, 15) is 4.79 Å². The number of imidazole rings is 1. The third-order valence-corrected chi connectivity index (χ3v) is 2.58. The Morgan fingerprint density at radius 1 is 1.50 bits per heavy atom. The van der Waals surface area contributed by atoms with E-state index in [0.29, 0.717) is 11.3 Å². The summed E-state index contributed by atoms with van der Waals surface area (Å²) in [5.41, 5.74) is 1.42. The Morgan fingerprint density at radius 2 is 2.31 bits per heavy atom. The number of methoxy groups -OCH3 is 1. The number of aromatic nitrogens is 2. The molecule has 82 valence electrons. The summed E-state index contributed by atoms with van der Waals surface area (Å²) in [6, 6.07) is 5.24. The van der Waals surface area contributed by atoms with Crippen molar-refractivity contribution in [2.75, 3.05) is 7.11 Å². The Balaban J connectivity index is 2.52. The van der Waals surface area contributed by atoms with Crippen molar-refractivity contribution in [2.45, 2.75) is 0 Å². The molecule has 0 radical (unpaired) electrons. The van der Waals surface area contributed by atoms with Crippen molar-refractivity contribution in [2.24, 2.45) is 0 Å². The Kier molecular flexibility index (Phi) is 3.05. The van der Waals surface area contributed by atoms with Crippen molar-refractivity contribution in [1.29, 1.82) is 0 Å². The molecule has 1 aromatic carbocycles. The van der Waals surface area contributed by atoms with Crippen LogP contribution < -0.4 is 4.74 Å². The van der Waals surface area contributed by atoms with E-state index in [1.807, 2.05) is 16.8 Å². The first kappa shape index (κ1) is 10.9. The van der Waals surface area contributed by atoms with Gasteiger partial charge in [0, 0.05) is 11.8 Å².